The summed E-state index contributed by atoms with van der Waals surface area (Å²) in [5, 5.41) is 10.8. The first kappa shape index (κ1) is 17.8. The Labute approximate surface area is 143 Å². The Bertz CT molecular complexity index is 620. The quantitative estimate of drug-likeness (QED) is 0.436. The first-order chi connectivity index (χ1) is 11.7. The fourth-order valence-corrected chi connectivity index (χ4v) is 2.19. The van der Waals surface area contributed by atoms with Crippen LogP contribution in [0.5, 0.6) is 0 Å². The van der Waals surface area contributed by atoms with E-state index in [9.17, 15) is 0 Å². The lowest BCUT2D eigenvalue weighted by molar-refractivity contribution is 0.570. The molecule has 2 aromatic rings. The van der Waals surface area contributed by atoms with Crippen LogP contribution in [0.4, 0.5) is 5.82 Å². The van der Waals surface area contributed by atoms with Crippen molar-refractivity contribution >= 4 is 11.8 Å². The maximum absolute atomic E-state index is 4.61. The van der Waals surface area contributed by atoms with E-state index >= 15 is 0 Å². The van der Waals surface area contributed by atoms with Crippen LogP contribution >= 0.6 is 0 Å². The average Bonchev–Trinajstić information content (AvgIpc) is 3.10. The monoisotopic (exact) mass is 329 g/mol. The summed E-state index contributed by atoms with van der Waals surface area (Å²) in [5.74, 6) is 1.76. The van der Waals surface area contributed by atoms with E-state index in [0.29, 0.717) is 6.54 Å². The van der Waals surface area contributed by atoms with Gasteiger partial charge in [-0.05, 0) is 31.5 Å². The van der Waals surface area contributed by atoms with E-state index in [2.05, 4.69) is 32.6 Å². The molecular formula is C17H27N7. The van der Waals surface area contributed by atoms with Crippen molar-refractivity contribution in [2.45, 2.75) is 26.4 Å². The van der Waals surface area contributed by atoms with Crippen LogP contribution in [-0.2, 0) is 13.1 Å². The molecule has 0 saturated heterocycles. The van der Waals surface area contributed by atoms with Crippen LogP contribution in [0.1, 0.15) is 19.0 Å². The molecule has 0 aliphatic rings. The lowest BCUT2D eigenvalue weighted by Gasteiger charge is -2.13. The summed E-state index contributed by atoms with van der Waals surface area (Å²) in [6.07, 6.45) is 4.76. The number of nitrogens with one attached hydrogen (secondary N) is 2. The molecule has 0 aromatic carbocycles. The number of aromatic nitrogens is 3. The minimum absolute atomic E-state index is 0.552. The number of hydrogen-bond acceptors (Lipinski definition) is 4. The van der Waals surface area contributed by atoms with Crippen molar-refractivity contribution in [1.29, 1.82) is 0 Å². The van der Waals surface area contributed by atoms with Gasteiger partial charge in [0.05, 0.1) is 12.2 Å². The Hall–Kier alpha value is -2.57. The molecule has 0 spiro atoms. The van der Waals surface area contributed by atoms with Crippen molar-refractivity contribution in [2.75, 3.05) is 32.1 Å². The van der Waals surface area contributed by atoms with Gasteiger partial charge >= 0.3 is 0 Å². The average molecular weight is 329 g/mol. The van der Waals surface area contributed by atoms with Gasteiger partial charge in [-0.1, -0.05) is 6.07 Å². The van der Waals surface area contributed by atoms with Crippen LogP contribution in [0.2, 0.25) is 0 Å². The number of rotatable bonds is 8. The van der Waals surface area contributed by atoms with Crippen LogP contribution in [0.25, 0.3) is 0 Å². The van der Waals surface area contributed by atoms with E-state index in [0.717, 1.165) is 43.5 Å². The molecule has 0 bridgehead atoms. The van der Waals surface area contributed by atoms with Crippen LogP contribution in [-0.4, -0.2) is 47.9 Å². The van der Waals surface area contributed by atoms with E-state index in [4.69, 9.17) is 0 Å². The van der Waals surface area contributed by atoms with Gasteiger partial charge in [0.1, 0.15) is 5.82 Å². The highest BCUT2D eigenvalue weighted by Crippen LogP contribution is 2.08. The van der Waals surface area contributed by atoms with Crippen molar-refractivity contribution in [3.05, 3.63) is 42.4 Å². The highest BCUT2D eigenvalue weighted by molar-refractivity contribution is 5.79. The summed E-state index contributed by atoms with van der Waals surface area (Å²) >= 11 is 0. The van der Waals surface area contributed by atoms with Crippen molar-refractivity contribution in [1.82, 2.24) is 25.4 Å². The van der Waals surface area contributed by atoms with E-state index < -0.39 is 0 Å². The Morgan fingerprint density at radius 2 is 2.12 bits per heavy atom. The van der Waals surface area contributed by atoms with Crippen molar-refractivity contribution in [2.24, 2.45) is 4.99 Å². The fraction of sp³-hybridized carbons (Fsp3) is 0.471. The van der Waals surface area contributed by atoms with Gasteiger partial charge in [-0.15, -0.1) is 0 Å². The summed E-state index contributed by atoms with van der Waals surface area (Å²) in [4.78, 5) is 11.2. The van der Waals surface area contributed by atoms with Gasteiger partial charge in [0.15, 0.2) is 5.96 Å². The number of guanidine groups is 1. The Morgan fingerprint density at radius 3 is 2.83 bits per heavy atom. The molecule has 130 valence electrons. The van der Waals surface area contributed by atoms with Gasteiger partial charge in [0.25, 0.3) is 0 Å². The second-order valence-electron chi connectivity index (χ2n) is 5.63. The molecule has 0 radical (unpaired) electrons. The molecule has 0 unspecified atom stereocenters. The first-order valence-electron chi connectivity index (χ1n) is 8.32. The largest absolute Gasteiger partial charge is 0.363 e. The van der Waals surface area contributed by atoms with Gasteiger partial charge in [-0.3, -0.25) is 4.68 Å². The Kier molecular flexibility index (Phi) is 7.07. The number of anilines is 1. The third kappa shape index (κ3) is 5.91. The minimum atomic E-state index is 0.552. The second-order valence-corrected chi connectivity index (χ2v) is 5.63. The van der Waals surface area contributed by atoms with E-state index in [-0.39, 0.29) is 0 Å². The minimum Gasteiger partial charge on any atom is -0.363 e. The number of hydrogen-bond donors (Lipinski definition) is 2. The number of pyridine rings is 1. The molecule has 0 saturated carbocycles. The molecule has 7 nitrogen and oxygen atoms in total. The molecule has 2 aromatic heterocycles. The molecule has 0 fully saturated rings. The zero-order valence-corrected chi connectivity index (χ0v) is 14.7. The van der Waals surface area contributed by atoms with Gasteiger partial charge in [0, 0.05) is 46.1 Å². The van der Waals surface area contributed by atoms with Crippen molar-refractivity contribution in [3.63, 3.8) is 0 Å². The predicted molar refractivity (Wildman–Crippen MR) is 98.2 cm³/mol. The van der Waals surface area contributed by atoms with E-state index in [1.807, 2.05) is 54.1 Å². The zero-order valence-electron chi connectivity index (χ0n) is 14.7. The van der Waals surface area contributed by atoms with Crippen LogP contribution < -0.4 is 15.5 Å². The van der Waals surface area contributed by atoms with Crippen LogP contribution in [0, 0.1) is 0 Å². The lowest BCUT2D eigenvalue weighted by atomic mass is 10.3. The molecule has 0 aliphatic heterocycles. The first-order valence-corrected chi connectivity index (χ1v) is 8.32. The Morgan fingerprint density at radius 1 is 1.25 bits per heavy atom. The molecule has 2 rings (SSSR count). The van der Waals surface area contributed by atoms with Gasteiger partial charge < -0.3 is 15.5 Å². The van der Waals surface area contributed by atoms with Gasteiger partial charge in [0.2, 0.25) is 0 Å². The molecule has 0 atom stereocenters. The highest BCUT2D eigenvalue weighted by Gasteiger charge is 2.01. The molecular weight excluding hydrogens is 302 g/mol. The standard InChI is InChI=1S/C17H27N7/c1-4-18-17(19-10-6-12-24-13-7-11-21-24)20-14-15-8-5-9-16(22-15)23(2)3/h5,7-9,11,13H,4,6,10,12,14H2,1-3H3,(H2,18,19,20). The third-order valence-electron chi connectivity index (χ3n) is 3.41. The van der Waals surface area contributed by atoms with Crippen molar-refractivity contribution in [3.8, 4) is 0 Å². The molecule has 0 amide bonds. The normalized spacial score (nSPS) is 11.4. The molecule has 2 N–H and O–H groups in total. The van der Waals surface area contributed by atoms with E-state index in [1.165, 1.54) is 0 Å². The SMILES string of the molecule is CCNC(=NCc1cccc(N(C)C)n1)NCCCn1cccn1. The Balaban J connectivity index is 1.84. The summed E-state index contributed by atoms with van der Waals surface area (Å²) in [5.41, 5.74) is 0.954. The smallest absolute Gasteiger partial charge is 0.191 e. The maximum atomic E-state index is 4.61. The highest BCUT2D eigenvalue weighted by atomic mass is 15.3. The van der Waals surface area contributed by atoms with Crippen molar-refractivity contribution < 1.29 is 0 Å². The lowest BCUT2D eigenvalue weighted by Crippen LogP contribution is -2.38. The third-order valence-corrected chi connectivity index (χ3v) is 3.41. The predicted octanol–water partition coefficient (Wildman–Crippen LogP) is 1.49. The molecule has 0 aliphatic carbocycles. The van der Waals surface area contributed by atoms with Crippen LogP contribution in [0.15, 0.2) is 41.7 Å². The number of nitrogens with zero attached hydrogens (tertiary/aromatic N) is 5. The number of aliphatic imine (C=N–C) groups is 1. The zero-order chi connectivity index (χ0) is 17.2. The molecule has 24 heavy (non-hydrogen) atoms. The number of aryl methyl sites for hydroxylation is 1. The maximum Gasteiger partial charge on any atom is 0.191 e. The second kappa shape index (κ2) is 9.54. The van der Waals surface area contributed by atoms with Crippen LogP contribution in [0.3, 0.4) is 0 Å². The topological polar surface area (TPSA) is 70.4 Å². The summed E-state index contributed by atoms with van der Waals surface area (Å²) < 4.78 is 1.93. The summed E-state index contributed by atoms with van der Waals surface area (Å²) in [6, 6.07) is 7.94. The summed E-state index contributed by atoms with van der Waals surface area (Å²) in [6.45, 7) is 5.18. The fourth-order valence-electron chi connectivity index (χ4n) is 2.19. The molecule has 7 heteroatoms. The van der Waals surface area contributed by atoms with E-state index in [1.54, 1.807) is 6.20 Å². The van der Waals surface area contributed by atoms with Gasteiger partial charge in [-0.25, -0.2) is 9.98 Å². The molecule has 2 heterocycles. The van der Waals surface area contributed by atoms with Gasteiger partial charge in [-0.2, -0.15) is 5.10 Å². The summed E-state index contributed by atoms with van der Waals surface area (Å²) in [7, 11) is 3.97.